The third-order valence-electron chi connectivity index (χ3n) is 6.35. The SMILES string of the molecule is COc1ccc(C2/C(=C(\O)c3cc(Cl)c(OC)cc3OC)C(=O)C(=O)N2Cc2ccc(OC(C)C)cc2)cc1. The number of carbonyl (C=O) groups excluding carboxylic acids is 2. The lowest BCUT2D eigenvalue weighted by Gasteiger charge is -2.26. The van der Waals surface area contributed by atoms with Gasteiger partial charge in [0, 0.05) is 12.6 Å². The van der Waals surface area contributed by atoms with Crippen LogP contribution in [0.2, 0.25) is 5.02 Å². The largest absolute Gasteiger partial charge is 0.507 e. The number of hydrogen-bond donors (Lipinski definition) is 1. The second-order valence-corrected chi connectivity index (χ2v) is 9.60. The first-order chi connectivity index (χ1) is 18.7. The van der Waals surface area contributed by atoms with E-state index in [9.17, 15) is 14.7 Å². The molecular formula is C30H30ClNO7. The number of rotatable bonds is 9. The highest BCUT2D eigenvalue weighted by Gasteiger charge is 2.46. The van der Waals surface area contributed by atoms with Crippen molar-refractivity contribution >= 4 is 29.1 Å². The van der Waals surface area contributed by atoms with Gasteiger partial charge < -0.3 is 29.0 Å². The summed E-state index contributed by atoms with van der Waals surface area (Å²) in [5.74, 6) is -0.0819. The smallest absolute Gasteiger partial charge is 0.295 e. The normalized spacial score (nSPS) is 16.5. The Morgan fingerprint density at radius 1 is 0.897 bits per heavy atom. The summed E-state index contributed by atoms with van der Waals surface area (Å²) in [6.45, 7) is 4.00. The number of amides is 1. The molecule has 0 aromatic heterocycles. The van der Waals surface area contributed by atoms with Crippen molar-refractivity contribution < 1.29 is 33.6 Å². The molecule has 3 aromatic carbocycles. The van der Waals surface area contributed by atoms with Crippen LogP contribution in [0.15, 0.2) is 66.2 Å². The molecule has 1 N–H and O–H groups in total. The molecule has 0 bridgehead atoms. The number of methoxy groups -OCH3 is 3. The third kappa shape index (κ3) is 5.66. The van der Waals surface area contributed by atoms with Crippen molar-refractivity contribution in [1.82, 2.24) is 4.90 Å². The van der Waals surface area contributed by atoms with Crippen LogP contribution < -0.4 is 18.9 Å². The number of carbonyl (C=O) groups is 2. The van der Waals surface area contributed by atoms with Crippen LogP contribution in [0.4, 0.5) is 0 Å². The maximum atomic E-state index is 13.5. The number of ether oxygens (including phenoxy) is 4. The number of aliphatic hydroxyl groups is 1. The Hall–Kier alpha value is -4.17. The monoisotopic (exact) mass is 551 g/mol. The number of halogens is 1. The van der Waals surface area contributed by atoms with Crippen LogP contribution in [-0.2, 0) is 16.1 Å². The van der Waals surface area contributed by atoms with Gasteiger partial charge in [0.15, 0.2) is 0 Å². The van der Waals surface area contributed by atoms with E-state index in [4.69, 9.17) is 30.5 Å². The summed E-state index contributed by atoms with van der Waals surface area (Å²) in [6.07, 6.45) is 0.0206. The van der Waals surface area contributed by atoms with E-state index in [2.05, 4.69) is 0 Å². The van der Waals surface area contributed by atoms with Gasteiger partial charge in [-0.3, -0.25) is 9.59 Å². The van der Waals surface area contributed by atoms with Gasteiger partial charge in [-0.05, 0) is 55.3 Å². The van der Waals surface area contributed by atoms with E-state index in [0.29, 0.717) is 22.8 Å². The van der Waals surface area contributed by atoms with Gasteiger partial charge in [-0.25, -0.2) is 0 Å². The van der Waals surface area contributed by atoms with Gasteiger partial charge >= 0.3 is 0 Å². The van der Waals surface area contributed by atoms with Gasteiger partial charge in [-0.2, -0.15) is 0 Å². The first-order valence-electron chi connectivity index (χ1n) is 12.3. The fourth-order valence-corrected chi connectivity index (χ4v) is 4.75. The van der Waals surface area contributed by atoms with Crippen LogP contribution in [-0.4, -0.2) is 49.1 Å². The highest BCUT2D eigenvalue weighted by atomic mass is 35.5. The van der Waals surface area contributed by atoms with E-state index in [0.717, 1.165) is 5.56 Å². The maximum Gasteiger partial charge on any atom is 0.295 e. The van der Waals surface area contributed by atoms with Crippen molar-refractivity contribution in [3.05, 3.63) is 87.9 Å². The predicted octanol–water partition coefficient (Wildman–Crippen LogP) is 5.77. The van der Waals surface area contributed by atoms with Crippen molar-refractivity contribution in [2.75, 3.05) is 21.3 Å². The number of benzene rings is 3. The molecule has 1 amide bonds. The van der Waals surface area contributed by atoms with Crippen molar-refractivity contribution in [3.8, 4) is 23.0 Å². The highest BCUT2D eigenvalue weighted by molar-refractivity contribution is 6.46. The summed E-state index contributed by atoms with van der Waals surface area (Å²) in [4.78, 5) is 28.3. The molecule has 204 valence electrons. The standard InChI is InChI=1S/C30H30ClNO7/c1-17(2)39-21-10-6-18(7-11-21)16-32-27(19-8-12-20(36-3)13-9-19)26(29(34)30(32)35)28(33)22-14-23(31)25(38-5)15-24(22)37-4/h6-15,17,27,33H,16H2,1-5H3/b28-26+. The highest BCUT2D eigenvalue weighted by Crippen LogP contribution is 2.43. The van der Waals surface area contributed by atoms with Crippen LogP contribution >= 0.6 is 11.6 Å². The average Bonchev–Trinajstić information content (AvgIpc) is 3.18. The lowest BCUT2D eigenvalue weighted by Crippen LogP contribution is -2.29. The van der Waals surface area contributed by atoms with Gasteiger partial charge in [0.25, 0.3) is 11.7 Å². The molecular weight excluding hydrogens is 522 g/mol. The molecule has 1 unspecified atom stereocenters. The first kappa shape index (κ1) is 27.9. The topological polar surface area (TPSA) is 94.5 Å². The van der Waals surface area contributed by atoms with Gasteiger partial charge in [0.2, 0.25) is 0 Å². The minimum atomic E-state index is -0.881. The minimum absolute atomic E-state index is 0.0206. The van der Waals surface area contributed by atoms with Gasteiger partial charge in [0.05, 0.1) is 49.6 Å². The summed E-state index contributed by atoms with van der Waals surface area (Å²) in [5.41, 5.74) is 1.49. The second kappa shape index (κ2) is 11.7. The minimum Gasteiger partial charge on any atom is -0.507 e. The molecule has 0 aliphatic carbocycles. The number of ketones is 1. The Balaban J connectivity index is 1.84. The molecule has 4 rings (SSSR count). The second-order valence-electron chi connectivity index (χ2n) is 9.20. The molecule has 8 nitrogen and oxygen atoms in total. The quantitative estimate of drug-likeness (QED) is 0.205. The van der Waals surface area contributed by atoms with Crippen molar-refractivity contribution in [3.63, 3.8) is 0 Å². The van der Waals surface area contributed by atoms with E-state index < -0.39 is 23.5 Å². The van der Waals surface area contributed by atoms with E-state index in [1.165, 1.54) is 31.3 Å². The number of likely N-dealkylation sites (tertiary alicyclic amines) is 1. The zero-order chi connectivity index (χ0) is 28.3. The molecule has 1 heterocycles. The third-order valence-corrected chi connectivity index (χ3v) is 6.64. The summed E-state index contributed by atoms with van der Waals surface area (Å²) < 4.78 is 21.7. The maximum absolute atomic E-state index is 13.5. The van der Waals surface area contributed by atoms with E-state index in [1.54, 1.807) is 31.4 Å². The summed E-state index contributed by atoms with van der Waals surface area (Å²) in [6, 6.07) is 16.4. The van der Waals surface area contributed by atoms with Crippen molar-refractivity contribution in [1.29, 1.82) is 0 Å². The van der Waals surface area contributed by atoms with Crippen LogP contribution in [0.5, 0.6) is 23.0 Å². The molecule has 39 heavy (non-hydrogen) atoms. The Morgan fingerprint density at radius 2 is 1.51 bits per heavy atom. The zero-order valence-electron chi connectivity index (χ0n) is 22.4. The Labute approximate surface area is 232 Å². The fraction of sp³-hybridized carbons (Fsp3) is 0.267. The van der Waals surface area contributed by atoms with Crippen molar-refractivity contribution in [2.24, 2.45) is 0 Å². The number of Topliss-reactive ketones (excluding diaryl/α,β-unsaturated/α-hetero) is 1. The van der Waals surface area contributed by atoms with Crippen LogP contribution in [0.1, 0.15) is 36.6 Å². The molecule has 0 radical (unpaired) electrons. The average molecular weight is 552 g/mol. The molecule has 1 aliphatic heterocycles. The van der Waals surface area contributed by atoms with Crippen LogP contribution in [0.3, 0.4) is 0 Å². The molecule has 1 atom stereocenters. The molecule has 9 heteroatoms. The summed E-state index contributed by atoms with van der Waals surface area (Å²) >= 11 is 6.34. The summed E-state index contributed by atoms with van der Waals surface area (Å²) in [5, 5.41) is 11.7. The van der Waals surface area contributed by atoms with E-state index in [1.807, 2.05) is 38.1 Å². The van der Waals surface area contributed by atoms with Crippen LogP contribution in [0.25, 0.3) is 5.76 Å². The first-order valence-corrected chi connectivity index (χ1v) is 12.7. The number of nitrogens with zero attached hydrogens (tertiary/aromatic N) is 1. The van der Waals surface area contributed by atoms with Gasteiger partial charge in [-0.15, -0.1) is 0 Å². The molecule has 3 aromatic rings. The molecule has 1 aliphatic rings. The Bertz CT molecular complexity index is 1400. The Morgan fingerprint density at radius 3 is 2.08 bits per heavy atom. The van der Waals surface area contributed by atoms with Crippen LogP contribution in [0, 0.1) is 0 Å². The van der Waals surface area contributed by atoms with E-state index >= 15 is 0 Å². The van der Waals surface area contributed by atoms with Gasteiger partial charge in [-0.1, -0.05) is 35.9 Å². The lowest BCUT2D eigenvalue weighted by molar-refractivity contribution is -0.140. The molecule has 0 spiro atoms. The fourth-order valence-electron chi connectivity index (χ4n) is 4.51. The predicted molar refractivity (Wildman–Crippen MR) is 148 cm³/mol. The molecule has 0 saturated carbocycles. The summed E-state index contributed by atoms with van der Waals surface area (Å²) in [7, 11) is 4.43. The van der Waals surface area contributed by atoms with Crippen molar-refractivity contribution in [2.45, 2.75) is 32.5 Å². The number of aliphatic hydroxyl groups excluding tert-OH is 1. The van der Waals surface area contributed by atoms with Gasteiger partial charge in [0.1, 0.15) is 28.8 Å². The molecule has 1 fully saturated rings. The Kier molecular flexibility index (Phi) is 8.35. The zero-order valence-corrected chi connectivity index (χ0v) is 23.1. The lowest BCUT2D eigenvalue weighted by atomic mass is 9.94. The van der Waals surface area contributed by atoms with E-state index in [-0.39, 0.29) is 34.6 Å². The molecule has 1 saturated heterocycles. The number of hydrogen-bond acceptors (Lipinski definition) is 7.